The quantitative estimate of drug-likeness (QED) is 0.0273. The maximum Gasteiger partial charge on any atom is 0.217 e. The molecule has 0 aromatic carbocycles. The van der Waals surface area contributed by atoms with Gasteiger partial charge in [0.15, 0.2) is 62.9 Å². The van der Waals surface area contributed by atoms with Gasteiger partial charge in [0.1, 0.15) is 195 Å². The molecule has 0 spiro atoms. The number of nitrogens with two attached hydrogens (primary N) is 7. The number of rotatable bonds is 38. The van der Waals surface area contributed by atoms with E-state index < -0.39 is 422 Å². The lowest BCUT2D eigenvalue weighted by Crippen LogP contribution is -2.71. The van der Waals surface area contributed by atoms with Crippen molar-refractivity contribution in [3.63, 3.8) is 0 Å². The van der Waals surface area contributed by atoms with E-state index in [1.807, 2.05) is 0 Å². The smallest absolute Gasteiger partial charge is 0.217 e. The van der Waals surface area contributed by atoms with Crippen LogP contribution in [0.2, 0.25) is 0 Å². The maximum atomic E-state index is 12.0. The average Bonchev–Trinajstić information content (AvgIpc) is 0.767. The molecule has 0 aliphatic carbocycles. The number of aliphatic hydroxyl groups excluding tert-OH is 25. The van der Waals surface area contributed by atoms with Gasteiger partial charge in [-0.05, 0) is 0 Å². The minimum absolute atomic E-state index is 0.520. The molecule has 0 radical (unpaired) electrons. The summed E-state index contributed by atoms with van der Waals surface area (Å²) >= 11 is 0. The Kier molecular flexibility index (Phi) is 43.4. The summed E-state index contributed by atoms with van der Waals surface area (Å²) in [6.45, 7) is -5.06. The largest absolute Gasteiger partial charge is 0.394 e. The molecule has 42 N–H and O–H groups in total. The highest BCUT2D eigenvalue weighted by molar-refractivity contribution is 5.73. The van der Waals surface area contributed by atoms with E-state index in [4.69, 9.17) is 145 Å². The third-order valence-corrected chi connectivity index (χ3v) is 25.0. The predicted molar refractivity (Wildman–Crippen MR) is 424 cm³/mol. The zero-order chi connectivity index (χ0) is 97.8. The molecule has 0 aromatic heterocycles. The van der Waals surface area contributed by atoms with Crippen LogP contribution < -0.4 is 56.1 Å². The van der Waals surface area contributed by atoms with Crippen LogP contribution >= 0.6 is 0 Å². The Morgan fingerprint density at radius 3 is 0.727 bits per heavy atom. The minimum Gasteiger partial charge on any atom is -0.394 e. The second-order valence-corrected chi connectivity index (χ2v) is 33.7. The van der Waals surface area contributed by atoms with E-state index in [1.165, 1.54) is 35.2 Å². The first-order chi connectivity index (χ1) is 62.6. The normalized spacial score (nSPS) is 47.8. The van der Waals surface area contributed by atoms with E-state index in [-0.39, 0.29) is 0 Å². The molecule has 2 amide bonds. The molecular formula is C74H138N10O48. The van der Waals surface area contributed by atoms with Gasteiger partial charge in [-0.3, -0.25) is 9.59 Å². The van der Waals surface area contributed by atoms with Crippen molar-refractivity contribution >= 4 is 11.8 Å². The molecule has 10 rings (SSSR count). The lowest BCUT2D eigenvalue weighted by atomic mass is 9.89. The van der Waals surface area contributed by atoms with Gasteiger partial charge in [0.25, 0.3) is 0 Å². The molecule has 772 valence electrons. The third-order valence-electron chi connectivity index (χ3n) is 25.0. The Balaban J connectivity index is 0.000000298. The van der Waals surface area contributed by atoms with E-state index in [9.17, 15) is 132 Å². The number of hydrogen-bond acceptors (Lipinski definition) is 56. The van der Waals surface area contributed by atoms with Crippen molar-refractivity contribution in [3.8, 4) is 0 Å². The first-order valence-corrected chi connectivity index (χ1v) is 42.8. The number of carbonyl (C=O) groups is 2. The van der Waals surface area contributed by atoms with Gasteiger partial charge >= 0.3 is 0 Å². The number of aliphatic hydroxyl groups is 25. The molecule has 10 aliphatic rings. The van der Waals surface area contributed by atoms with Crippen LogP contribution in [-0.2, 0) is 109 Å². The number of nitrogens with one attached hydrogen (secondary N) is 3. The van der Waals surface area contributed by atoms with Crippen molar-refractivity contribution < 1.29 is 237 Å². The van der Waals surface area contributed by atoms with Gasteiger partial charge in [0, 0.05) is 47.6 Å². The monoisotopic (exact) mass is 1930 g/mol. The fraction of sp³-hybridized carbons (Fsp3) is 0.973. The lowest BCUT2D eigenvalue weighted by Gasteiger charge is -2.50. The van der Waals surface area contributed by atoms with Crippen molar-refractivity contribution in [3.05, 3.63) is 0 Å². The molecule has 0 aromatic rings. The van der Waals surface area contributed by atoms with Crippen LogP contribution in [0.15, 0.2) is 0 Å². The molecule has 10 aliphatic heterocycles. The van der Waals surface area contributed by atoms with Crippen LogP contribution in [0.4, 0.5) is 0 Å². The number of methoxy groups -OCH3 is 3. The fourth-order valence-corrected chi connectivity index (χ4v) is 17.2. The molecule has 58 heteroatoms. The van der Waals surface area contributed by atoms with Crippen LogP contribution in [0.1, 0.15) is 20.8 Å². The summed E-state index contributed by atoms with van der Waals surface area (Å²) in [5.74, 6) is -1.73. The minimum atomic E-state index is -1.96. The lowest BCUT2D eigenvalue weighted by molar-refractivity contribution is -0.364. The average molecular weight is 1940 g/mol. The van der Waals surface area contributed by atoms with Crippen molar-refractivity contribution in [1.29, 1.82) is 0 Å². The highest BCUT2D eigenvalue weighted by atomic mass is 16.8. The number of amides is 2. The van der Waals surface area contributed by atoms with Gasteiger partial charge in [-0.2, -0.15) is 0 Å². The second-order valence-electron chi connectivity index (χ2n) is 33.7. The number of hydrogen-bond donors (Lipinski definition) is 35. The molecule has 58 nitrogen and oxygen atoms in total. The van der Waals surface area contributed by atoms with Crippen LogP contribution in [0.25, 0.3) is 0 Å². The summed E-state index contributed by atoms with van der Waals surface area (Å²) < 4.78 is 121. The molecule has 132 heavy (non-hydrogen) atoms. The van der Waals surface area contributed by atoms with Crippen LogP contribution in [-0.4, -0.2) is 565 Å². The molecule has 0 bridgehead atoms. The number of ether oxygens (including phenoxy) is 21. The topological polar surface area (TPSA) is 952 Å². The van der Waals surface area contributed by atoms with Crippen LogP contribution in [0.3, 0.4) is 0 Å². The van der Waals surface area contributed by atoms with Crippen LogP contribution in [0, 0.1) is 5.92 Å². The molecule has 50 unspecified atom stereocenters. The summed E-state index contributed by atoms with van der Waals surface area (Å²) in [7, 11) is 3.74. The first-order valence-electron chi connectivity index (χ1n) is 42.8. The van der Waals surface area contributed by atoms with Crippen molar-refractivity contribution in [2.24, 2.45) is 46.1 Å². The Labute approximate surface area is 754 Å². The van der Waals surface area contributed by atoms with E-state index in [1.54, 1.807) is 6.92 Å². The highest BCUT2D eigenvalue weighted by Gasteiger charge is 2.61. The Hall–Kier alpha value is -3.22. The van der Waals surface area contributed by atoms with E-state index in [0.717, 1.165) is 0 Å². The zero-order valence-corrected chi connectivity index (χ0v) is 72.8. The summed E-state index contributed by atoms with van der Waals surface area (Å²) in [6.07, 6.45) is -65.4. The van der Waals surface area contributed by atoms with Crippen molar-refractivity contribution in [2.75, 3.05) is 101 Å². The van der Waals surface area contributed by atoms with Gasteiger partial charge in [-0.1, -0.05) is 6.92 Å². The van der Waals surface area contributed by atoms with Gasteiger partial charge in [-0.15, -0.1) is 0 Å². The Morgan fingerprint density at radius 2 is 0.485 bits per heavy atom. The molecule has 10 heterocycles. The standard InChI is InChI=1S/C38H73N5O26.C36H65N5O22/c1-59-29-12(5-45)61-34(17(39)24(29)54)66-30-13(6-46)62-35(18(40)25(30)55)67-31-14(7-47)63-36(19(41)26(31)56)68-32-15(8-48)64-37(20(42)27(32)57)69-33-16(9-49)65-38(60-2)21(28(33)58)43-3-10(50)22(52)23(53)11(51)4-44;1-10-13(5-42)55-36(21(23(10)49)40-11(2)47)63-30-16(8-45)58-33(20(39)26(30)52)61-28-14(6-43)56-32(18(37)24(28)50)60-29-15(7-44)57-34(19(38)25(29)51)62-31-17(9-46)59-35(54-4)22(27(31)53)41-12(3)48/h10-38,43-58H,3-9,39-42H2,1-2H3;10,13-36,42-46,49-53H,5-9,37-39H2,1-4H3,(H,40,47)(H,41,48)/t10-,11+,12?,13?,14?,15?,16?,17?,18?,19?,20?,21?,22+,23-,24?,25?,26?,27?,28?,29?,30?,31?,32?,33?,34?,35?,36?,37?,38?;/m0./s1. The summed E-state index contributed by atoms with van der Waals surface area (Å²) in [4.78, 5) is 23.8. The Bertz CT molecular complexity index is 3390. The van der Waals surface area contributed by atoms with Crippen molar-refractivity contribution in [2.45, 2.75) is 346 Å². The zero-order valence-electron chi connectivity index (χ0n) is 72.8. The molecule has 10 saturated heterocycles. The molecule has 0 saturated carbocycles. The SMILES string of the molecule is COC1OC(CO)C(OC2OC(CO)C(OC3OC(CO)C(OC4OC(CO)C(OC5OC(CO)C(C)C(O)C5NC(C)=O)C(O)C4N)C(O)C3N)C(O)C2N)C(O)C1NC(C)=O.COC1OC(CO)C(OC2OC(CO)C(OC3OC(CO)C(OC4OC(CO)C(OC5OC(CO)C(OC)C(O)C5N)C(O)C4N)C(O)C3N)C(O)C2N)C(O)C1NC[C@H](O)[C@@H](O)[C@@H](O)[C@H](O)CO. The molecular weight excluding hydrogens is 1800 g/mol. The van der Waals surface area contributed by atoms with E-state index >= 15 is 0 Å². The van der Waals surface area contributed by atoms with Gasteiger partial charge in [0.2, 0.25) is 11.8 Å². The first kappa shape index (κ1) is 112. The molecule has 10 fully saturated rings. The summed E-state index contributed by atoms with van der Waals surface area (Å²) in [6, 6.07) is -14.0. The highest BCUT2D eigenvalue weighted by Crippen LogP contribution is 2.40. The molecule has 54 atom stereocenters. The fourth-order valence-electron chi connectivity index (χ4n) is 17.2. The van der Waals surface area contributed by atoms with Crippen LogP contribution in [0.5, 0.6) is 0 Å². The summed E-state index contributed by atoms with van der Waals surface area (Å²) in [5.41, 5.74) is 44.1. The van der Waals surface area contributed by atoms with Gasteiger partial charge in [0.05, 0.1) is 139 Å². The summed E-state index contributed by atoms with van der Waals surface area (Å²) in [5, 5.41) is 272. The van der Waals surface area contributed by atoms with E-state index in [2.05, 4.69) is 16.0 Å². The van der Waals surface area contributed by atoms with E-state index in [0.29, 0.717) is 0 Å². The third kappa shape index (κ3) is 25.3. The van der Waals surface area contributed by atoms with Gasteiger partial charge in [-0.25, -0.2) is 0 Å². The van der Waals surface area contributed by atoms with Crippen molar-refractivity contribution in [1.82, 2.24) is 16.0 Å². The maximum absolute atomic E-state index is 12.0. The Morgan fingerprint density at radius 1 is 0.280 bits per heavy atom. The number of carbonyl (C=O) groups excluding carboxylic acids is 2. The predicted octanol–water partition coefficient (Wildman–Crippen LogP) is -23.5. The van der Waals surface area contributed by atoms with Gasteiger partial charge < -0.3 is 283 Å². The second kappa shape index (κ2) is 50.9.